The molecule has 122 valence electrons. The van der Waals surface area contributed by atoms with Gasteiger partial charge in [-0.2, -0.15) is 0 Å². The lowest BCUT2D eigenvalue weighted by Gasteiger charge is -2.43. The molecule has 4 nitrogen and oxygen atoms in total. The van der Waals surface area contributed by atoms with E-state index in [4.69, 9.17) is 0 Å². The summed E-state index contributed by atoms with van der Waals surface area (Å²) in [4.78, 5) is 12.3. The molecule has 1 aromatic rings. The molecule has 0 atom stereocenters. The smallest absolute Gasteiger partial charge is 0.128 e. The standard InChI is InChI=1S/C18H30N4/c1-16(2)15-20-9-6-17(7-10-20)21-11-13-22(14-12-21)18-5-3-4-8-19-18/h3-5,8,16-17H,6-7,9-15H2,1-2H3. The second-order valence-electron chi connectivity index (χ2n) is 7.14. The summed E-state index contributed by atoms with van der Waals surface area (Å²) in [5.41, 5.74) is 0. The van der Waals surface area contributed by atoms with Gasteiger partial charge in [-0.3, -0.25) is 4.90 Å². The maximum Gasteiger partial charge on any atom is 0.128 e. The number of piperidine rings is 1. The predicted octanol–water partition coefficient (Wildman–Crippen LogP) is 2.32. The molecule has 0 unspecified atom stereocenters. The first-order chi connectivity index (χ1) is 10.7. The van der Waals surface area contributed by atoms with E-state index in [1.807, 2.05) is 12.3 Å². The number of hydrogen-bond acceptors (Lipinski definition) is 4. The van der Waals surface area contributed by atoms with Crippen molar-refractivity contribution in [1.82, 2.24) is 14.8 Å². The zero-order valence-electron chi connectivity index (χ0n) is 14.1. The third kappa shape index (κ3) is 3.99. The molecule has 2 aliphatic heterocycles. The molecule has 22 heavy (non-hydrogen) atoms. The normalized spacial score (nSPS) is 22.4. The zero-order valence-corrected chi connectivity index (χ0v) is 14.1. The summed E-state index contributed by atoms with van der Waals surface area (Å²) < 4.78 is 0. The number of nitrogens with zero attached hydrogens (tertiary/aromatic N) is 4. The molecule has 0 aliphatic carbocycles. The summed E-state index contributed by atoms with van der Waals surface area (Å²) >= 11 is 0. The highest BCUT2D eigenvalue weighted by atomic mass is 15.3. The minimum Gasteiger partial charge on any atom is -0.354 e. The van der Waals surface area contributed by atoms with Crippen molar-refractivity contribution >= 4 is 5.82 Å². The highest BCUT2D eigenvalue weighted by Crippen LogP contribution is 2.20. The first-order valence-electron chi connectivity index (χ1n) is 8.85. The molecule has 2 saturated heterocycles. The van der Waals surface area contributed by atoms with E-state index in [9.17, 15) is 0 Å². The Hall–Kier alpha value is -1.13. The Balaban J connectivity index is 1.44. The van der Waals surface area contributed by atoms with Crippen molar-refractivity contribution in [3.05, 3.63) is 24.4 Å². The lowest BCUT2D eigenvalue weighted by molar-refractivity contribution is 0.0972. The van der Waals surface area contributed by atoms with Gasteiger partial charge >= 0.3 is 0 Å². The van der Waals surface area contributed by atoms with Crippen molar-refractivity contribution in [2.75, 3.05) is 50.7 Å². The summed E-state index contributed by atoms with van der Waals surface area (Å²) in [5.74, 6) is 1.92. The summed E-state index contributed by atoms with van der Waals surface area (Å²) in [6, 6.07) is 7.00. The van der Waals surface area contributed by atoms with Crippen LogP contribution in [-0.2, 0) is 0 Å². The summed E-state index contributed by atoms with van der Waals surface area (Å²) in [7, 11) is 0. The largest absolute Gasteiger partial charge is 0.354 e. The van der Waals surface area contributed by atoms with Crippen LogP contribution in [0.1, 0.15) is 26.7 Å². The Kier molecular flexibility index (Phi) is 5.32. The molecule has 2 aliphatic rings. The topological polar surface area (TPSA) is 22.6 Å². The van der Waals surface area contributed by atoms with Crippen LogP contribution in [0.15, 0.2) is 24.4 Å². The third-order valence-corrected chi connectivity index (χ3v) is 4.98. The summed E-state index contributed by atoms with van der Waals surface area (Å²) in [6.07, 6.45) is 4.58. The summed E-state index contributed by atoms with van der Waals surface area (Å²) in [5, 5.41) is 0. The van der Waals surface area contributed by atoms with E-state index in [-0.39, 0.29) is 0 Å². The molecule has 3 rings (SSSR count). The number of pyridine rings is 1. The molecule has 0 aromatic carbocycles. The monoisotopic (exact) mass is 302 g/mol. The number of likely N-dealkylation sites (tertiary alicyclic amines) is 1. The van der Waals surface area contributed by atoms with Crippen LogP contribution in [0.5, 0.6) is 0 Å². The van der Waals surface area contributed by atoms with Gasteiger partial charge in [0.25, 0.3) is 0 Å². The number of hydrogen-bond donors (Lipinski definition) is 0. The maximum atomic E-state index is 4.48. The van der Waals surface area contributed by atoms with E-state index in [1.54, 1.807) is 0 Å². The van der Waals surface area contributed by atoms with Gasteiger partial charge in [-0.25, -0.2) is 4.98 Å². The molecule has 0 amide bonds. The van der Waals surface area contributed by atoms with E-state index >= 15 is 0 Å². The molecule has 1 aromatic heterocycles. The number of rotatable bonds is 4. The third-order valence-electron chi connectivity index (χ3n) is 4.98. The Morgan fingerprint density at radius 1 is 1.05 bits per heavy atom. The van der Waals surface area contributed by atoms with Crippen LogP contribution < -0.4 is 4.90 Å². The quantitative estimate of drug-likeness (QED) is 0.851. The fourth-order valence-electron chi connectivity index (χ4n) is 3.84. The molecule has 0 radical (unpaired) electrons. The van der Waals surface area contributed by atoms with Crippen molar-refractivity contribution < 1.29 is 0 Å². The lowest BCUT2D eigenvalue weighted by Crippen LogP contribution is -2.53. The summed E-state index contributed by atoms with van der Waals surface area (Å²) in [6.45, 7) is 13.1. The first-order valence-corrected chi connectivity index (χ1v) is 8.85. The molecule has 0 bridgehead atoms. The number of aromatic nitrogens is 1. The minimum absolute atomic E-state index is 0.790. The van der Waals surface area contributed by atoms with Gasteiger partial charge in [-0.05, 0) is 44.0 Å². The van der Waals surface area contributed by atoms with Crippen LogP contribution in [0, 0.1) is 5.92 Å². The molecule has 4 heteroatoms. The molecule has 3 heterocycles. The van der Waals surface area contributed by atoms with Gasteiger partial charge in [0.2, 0.25) is 0 Å². The van der Waals surface area contributed by atoms with Crippen LogP contribution in [-0.4, -0.2) is 66.6 Å². The van der Waals surface area contributed by atoms with Crippen molar-refractivity contribution in [2.24, 2.45) is 5.92 Å². The van der Waals surface area contributed by atoms with Crippen molar-refractivity contribution in [1.29, 1.82) is 0 Å². The van der Waals surface area contributed by atoms with Gasteiger partial charge < -0.3 is 9.80 Å². The fraction of sp³-hybridized carbons (Fsp3) is 0.722. The van der Waals surface area contributed by atoms with E-state index in [1.165, 1.54) is 45.6 Å². The van der Waals surface area contributed by atoms with Crippen LogP contribution in [0.4, 0.5) is 5.82 Å². The second-order valence-corrected chi connectivity index (χ2v) is 7.14. The minimum atomic E-state index is 0.790. The van der Waals surface area contributed by atoms with Gasteiger partial charge in [-0.1, -0.05) is 19.9 Å². The number of anilines is 1. The highest BCUT2D eigenvalue weighted by molar-refractivity contribution is 5.38. The lowest BCUT2D eigenvalue weighted by atomic mass is 10.0. The second kappa shape index (κ2) is 7.42. The molecule has 2 fully saturated rings. The van der Waals surface area contributed by atoms with Crippen LogP contribution in [0.25, 0.3) is 0 Å². The molecule has 0 saturated carbocycles. The van der Waals surface area contributed by atoms with E-state index in [2.05, 4.69) is 45.7 Å². The first kappa shape index (κ1) is 15.8. The van der Waals surface area contributed by atoms with Crippen LogP contribution in [0.2, 0.25) is 0 Å². The van der Waals surface area contributed by atoms with Gasteiger partial charge in [0.15, 0.2) is 0 Å². The van der Waals surface area contributed by atoms with Crippen molar-refractivity contribution in [3.8, 4) is 0 Å². The van der Waals surface area contributed by atoms with E-state index in [0.29, 0.717) is 0 Å². The fourth-order valence-corrected chi connectivity index (χ4v) is 3.84. The van der Waals surface area contributed by atoms with E-state index in [0.717, 1.165) is 30.9 Å². The van der Waals surface area contributed by atoms with Crippen molar-refractivity contribution in [3.63, 3.8) is 0 Å². The number of piperazine rings is 1. The predicted molar refractivity (Wildman–Crippen MR) is 92.3 cm³/mol. The van der Waals surface area contributed by atoms with Crippen molar-refractivity contribution in [2.45, 2.75) is 32.7 Å². The molecular weight excluding hydrogens is 272 g/mol. The average Bonchev–Trinajstić information content (AvgIpc) is 2.56. The van der Waals surface area contributed by atoms with Crippen LogP contribution >= 0.6 is 0 Å². The average molecular weight is 302 g/mol. The molecular formula is C18H30N4. The molecule has 0 N–H and O–H groups in total. The van der Waals surface area contributed by atoms with Gasteiger partial charge in [0.05, 0.1) is 0 Å². The Morgan fingerprint density at radius 3 is 2.36 bits per heavy atom. The SMILES string of the molecule is CC(C)CN1CCC(N2CCN(c3ccccn3)CC2)CC1. The highest BCUT2D eigenvalue weighted by Gasteiger charge is 2.27. The van der Waals surface area contributed by atoms with Crippen LogP contribution in [0.3, 0.4) is 0 Å². The van der Waals surface area contributed by atoms with E-state index < -0.39 is 0 Å². The Labute approximate surface area is 135 Å². The maximum absolute atomic E-state index is 4.48. The van der Waals surface area contributed by atoms with Gasteiger partial charge in [0, 0.05) is 45.0 Å². The molecule has 0 spiro atoms. The zero-order chi connectivity index (χ0) is 15.4. The van der Waals surface area contributed by atoms with Gasteiger partial charge in [0.1, 0.15) is 5.82 Å². The van der Waals surface area contributed by atoms with Gasteiger partial charge in [-0.15, -0.1) is 0 Å². The Morgan fingerprint density at radius 2 is 1.77 bits per heavy atom. The Bertz CT molecular complexity index is 432.